The Hall–Kier alpha value is -2.07. The summed E-state index contributed by atoms with van der Waals surface area (Å²) in [5.74, 6) is -1.91. The summed E-state index contributed by atoms with van der Waals surface area (Å²) in [5, 5.41) is 23.8. The number of carboxylic acid groups (broad SMARTS) is 1. The van der Waals surface area contributed by atoms with Crippen LogP contribution in [0.25, 0.3) is 0 Å². The molecule has 15 heavy (non-hydrogen) atoms. The molecular weight excluding hydrogens is 198 g/mol. The molecule has 0 amide bonds. The standard InChI is InChI=1S/C8H11N5O2/c9-2-1-4(8(14)15)6-5(3-10)7(11)13-12-6/h4H,1-2,9H2,(H,14,15)(H3,11,12,13). The smallest absolute Gasteiger partial charge is 0.312 e. The summed E-state index contributed by atoms with van der Waals surface area (Å²) < 4.78 is 0. The molecule has 7 heteroatoms. The number of aromatic amines is 1. The largest absolute Gasteiger partial charge is 0.481 e. The second-order valence-electron chi connectivity index (χ2n) is 2.98. The minimum Gasteiger partial charge on any atom is -0.481 e. The summed E-state index contributed by atoms with van der Waals surface area (Å²) in [5.41, 5.74) is 11.0. The Balaban J connectivity index is 3.12. The molecule has 0 aliphatic carbocycles. The zero-order valence-corrected chi connectivity index (χ0v) is 7.90. The molecule has 1 aromatic heterocycles. The van der Waals surface area contributed by atoms with Gasteiger partial charge >= 0.3 is 5.97 Å². The lowest BCUT2D eigenvalue weighted by molar-refractivity contribution is -0.139. The van der Waals surface area contributed by atoms with Gasteiger partial charge in [0.1, 0.15) is 17.6 Å². The van der Waals surface area contributed by atoms with Crippen LogP contribution < -0.4 is 11.5 Å². The average molecular weight is 209 g/mol. The molecular formula is C8H11N5O2. The zero-order chi connectivity index (χ0) is 11.4. The highest BCUT2D eigenvalue weighted by Gasteiger charge is 2.25. The third-order valence-corrected chi connectivity index (χ3v) is 2.04. The highest BCUT2D eigenvalue weighted by atomic mass is 16.4. The van der Waals surface area contributed by atoms with Gasteiger partial charge in [0.05, 0.1) is 5.69 Å². The van der Waals surface area contributed by atoms with Gasteiger partial charge in [-0.3, -0.25) is 9.89 Å². The second kappa shape index (κ2) is 4.43. The second-order valence-corrected chi connectivity index (χ2v) is 2.98. The van der Waals surface area contributed by atoms with Crippen molar-refractivity contribution < 1.29 is 9.90 Å². The molecule has 80 valence electrons. The van der Waals surface area contributed by atoms with Crippen LogP contribution in [0.15, 0.2) is 0 Å². The summed E-state index contributed by atoms with van der Waals surface area (Å²) in [7, 11) is 0. The summed E-state index contributed by atoms with van der Waals surface area (Å²) in [6, 6.07) is 1.81. The number of nitrogen functional groups attached to an aromatic ring is 1. The molecule has 1 rings (SSSR count). The molecule has 0 fully saturated rings. The quantitative estimate of drug-likeness (QED) is 0.520. The van der Waals surface area contributed by atoms with Gasteiger partial charge in [0.25, 0.3) is 0 Å². The Labute approximate surface area is 85.7 Å². The Morgan fingerprint density at radius 2 is 2.40 bits per heavy atom. The molecule has 0 saturated carbocycles. The Morgan fingerprint density at radius 3 is 2.87 bits per heavy atom. The number of hydrogen-bond acceptors (Lipinski definition) is 5. The Kier molecular flexibility index (Phi) is 3.25. The number of aromatic nitrogens is 2. The van der Waals surface area contributed by atoms with Crippen molar-refractivity contribution in [2.24, 2.45) is 5.73 Å². The van der Waals surface area contributed by atoms with Crippen LogP contribution in [0.5, 0.6) is 0 Å². The molecule has 0 aromatic carbocycles. The number of carboxylic acids is 1. The van der Waals surface area contributed by atoms with Crippen molar-refractivity contribution in [3.8, 4) is 6.07 Å². The number of anilines is 1. The molecule has 0 aliphatic heterocycles. The van der Waals surface area contributed by atoms with Crippen LogP contribution in [-0.2, 0) is 4.79 Å². The van der Waals surface area contributed by atoms with Crippen LogP contribution in [-0.4, -0.2) is 27.8 Å². The maximum Gasteiger partial charge on any atom is 0.312 e. The summed E-state index contributed by atoms with van der Waals surface area (Å²) >= 11 is 0. The number of H-pyrrole nitrogens is 1. The first kappa shape index (κ1) is 11.0. The summed E-state index contributed by atoms with van der Waals surface area (Å²) in [6.45, 7) is 0.209. The van der Waals surface area contributed by atoms with Gasteiger partial charge in [0.2, 0.25) is 0 Å². The fraction of sp³-hybridized carbons (Fsp3) is 0.375. The van der Waals surface area contributed by atoms with E-state index in [-0.39, 0.29) is 30.0 Å². The van der Waals surface area contributed by atoms with Gasteiger partial charge in [-0.2, -0.15) is 10.4 Å². The lowest BCUT2D eigenvalue weighted by atomic mass is 9.98. The molecule has 1 aromatic rings. The monoisotopic (exact) mass is 209 g/mol. The van der Waals surface area contributed by atoms with Crippen LogP contribution in [0.1, 0.15) is 23.6 Å². The van der Waals surface area contributed by atoms with E-state index < -0.39 is 11.9 Å². The molecule has 0 radical (unpaired) electrons. The van der Waals surface area contributed by atoms with E-state index in [0.29, 0.717) is 0 Å². The van der Waals surface area contributed by atoms with Crippen molar-refractivity contribution >= 4 is 11.8 Å². The van der Waals surface area contributed by atoms with Crippen LogP contribution in [0, 0.1) is 11.3 Å². The molecule has 1 heterocycles. The van der Waals surface area contributed by atoms with Crippen molar-refractivity contribution in [1.29, 1.82) is 5.26 Å². The molecule has 1 atom stereocenters. The molecule has 6 N–H and O–H groups in total. The normalized spacial score (nSPS) is 12.0. The van der Waals surface area contributed by atoms with Crippen molar-refractivity contribution in [2.75, 3.05) is 12.3 Å². The van der Waals surface area contributed by atoms with E-state index in [1.54, 1.807) is 0 Å². The number of hydrogen-bond donors (Lipinski definition) is 4. The third-order valence-electron chi connectivity index (χ3n) is 2.04. The van der Waals surface area contributed by atoms with E-state index in [9.17, 15) is 4.79 Å². The number of carbonyl (C=O) groups is 1. The topological polar surface area (TPSA) is 142 Å². The van der Waals surface area contributed by atoms with E-state index in [4.69, 9.17) is 21.8 Å². The van der Waals surface area contributed by atoms with Gasteiger partial charge in [-0.25, -0.2) is 0 Å². The van der Waals surface area contributed by atoms with E-state index >= 15 is 0 Å². The number of nitrogens with two attached hydrogens (primary N) is 2. The van der Waals surface area contributed by atoms with Gasteiger partial charge in [0, 0.05) is 0 Å². The van der Waals surface area contributed by atoms with Gasteiger partial charge in [-0.05, 0) is 13.0 Å². The van der Waals surface area contributed by atoms with E-state index in [0.717, 1.165) is 0 Å². The van der Waals surface area contributed by atoms with E-state index in [1.807, 2.05) is 6.07 Å². The van der Waals surface area contributed by atoms with Crippen LogP contribution >= 0.6 is 0 Å². The molecule has 1 unspecified atom stereocenters. The van der Waals surface area contributed by atoms with Crippen LogP contribution in [0.4, 0.5) is 5.82 Å². The SMILES string of the molecule is N#Cc1c(N)n[nH]c1C(CCN)C(=O)O. The van der Waals surface area contributed by atoms with Crippen molar-refractivity contribution in [3.63, 3.8) is 0 Å². The number of rotatable bonds is 4. The maximum atomic E-state index is 10.9. The Bertz CT molecular complexity index is 406. The first-order chi connectivity index (χ1) is 7.11. The molecule has 0 aliphatic rings. The first-order valence-corrected chi connectivity index (χ1v) is 4.28. The maximum absolute atomic E-state index is 10.9. The van der Waals surface area contributed by atoms with Gasteiger partial charge < -0.3 is 16.6 Å². The first-order valence-electron chi connectivity index (χ1n) is 4.28. The fourth-order valence-electron chi connectivity index (χ4n) is 1.30. The molecule has 0 spiro atoms. The number of aliphatic carboxylic acids is 1. The summed E-state index contributed by atoms with van der Waals surface area (Å²) in [4.78, 5) is 10.9. The van der Waals surface area contributed by atoms with E-state index in [2.05, 4.69) is 10.2 Å². The number of nitrogens with one attached hydrogen (secondary N) is 1. The van der Waals surface area contributed by atoms with Crippen LogP contribution in [0.3, 0.4) is 0 Å². The minimum absolute atomic E-state index is 0.00997. The Morgan fingerprint density at radius 1 is 1.73 bits per heavy atom. The van der Waals surface area contributed by atoms with Crippen LogP contribution in [0.2, 0.25) is 0 Å². The molecule has 7 nitrogen and oxygen atoms in total. The van der Waals surface area contributed by atoms with Gasteiger partial charge in [-0.15, -0.1) is 0 Å². The lowest BCUT2D eigenvalue weighted by Crippen LogP contribution is -2.17. The average Bonchev–Trinajstić information content (AvgIpc) is 2.55. The number of nitrogens with zero attached hydrogens (tertiary/aromatic N) is 2. The molecule has 0 saturated heterocycles. The lowest BCUT2D eigenvalue weighted by Gasteiger charge is -2.08. The van der Waals surface area contributed by atoms with Gasteiger partial charge in [0.15, 0.2) is 5.82 Å². The van der Waals surface area contributed by atoms with Crippen molar-refractivity contribution in [3.05, 3.63) is 11.3 Å². The third kappa shape index (κ3) is 2.05. The van der Waals surface area contributed by atoms with Crippen molar-refractivity contribution in [1.82, 2.24) is 10.2 Å². The predicted octanol–water partition coefficient (Wildman–Crippen LogP) is -0.619. The highest BCUT2D eigenvalue weighted by Crippen LogP contribution is 2.23. The molecule has 0 bridgehead atoms. The zero-order valence-electron chi connectivity index (χ0n) is 7.90. The van der Waals surface area contributed by atoms with Crippen molar-refractivity contribution in [2.45, 2.75) is 12.3 Å². The minimum atomic E-state index is -1.06. The summed E-state index contributed by atoms with van der Waals surface area (Å²) in [6.07, 6.45) is 0.228. The fourth-order valence-corrected chi connectivity index (χ4v) is 1.30. The predicted molar refractivity (Wildman–Crippen MR) is 51.8 cm³/mol. The van der Waals surface area contributed by atoms with E-state index in [1.165, 1.54) is 0 Å². The van der Waals surface area contributed by atoms with Gasteiger partial charge in [-0.1, -0.05) is 0 Å². The number of nitriles is 1. The highest BCUT2D eigenvalue weighted by molar-refractivity contribution is 5.77.